The number of fused-ring (bicyclic) bond motifs is 1. The average Bonchev–Trinajstić information content (AvgIpc) is 2.96. The summed E-state index contributed by atoms with van der Waals surface area (Å²) in [5, 5.41) is 14.3. The lowest BCUT2D eigenvalue weighted by Crippen LogP contribution is -2.34. The predicted molar refractivity (Wildman–Crippen MR) is 69.7 cm³/mol. The van der Waals surface area contributed by atoms with Crippen LogP contribution in [0.25, 0.3) is 0 Å². The molecule has 0 saturated carbocycles. The van der Waals surface area contributed by atoms with Crippen molar-refractivity contribution >= 4 is 11.4 Å². The summed E-state index contributed by atoms with van der Waals surface area (Å²) in [7, 11) is 0. The van der Waals surface area contributed by atoms with Crippen LogP contribution in [0.1, 0.15) is 6.92 Å². The molecule has 2 heterocycles. The van der Waals surface area contributed by atoms with E-state index in [1.165, 1.54) is 0 Å². The molecule has 2 aliphatic rings. The molecule has 3 atom stereocenters. The van der Waals surface area contributed by atoms with E-state index in [-0.39, 0.29) is 17.4 Å². The van der Waals surface area contributed by atoms with Gasteiger partial charge in [0.2, 0.25) is 0 Å². The zero-order valence-corrected chi connectivity index (χ0v) is 11.0. The van der Waals surface area contributed by atoms with E-state index in [1.807, 2.05) is 6.92 Å². The standard InChI is InChI=1S/C13H15F2N3O2/c1-7-9-5-16-4-8(9)6-17(7)13-11(18(19)20)3-2-10(14)12(13)15/h2-3,7-9,16H,4-6H2,1H3. The average molecular weight is 283 g/mol. The number of benzene rings is 1. The Morgan fingerprint density at radius 3 is 2.80 bits per heavy atom. The molecule has 0 bridgehead atoms. The van der Waals surface area contributed by atoms with Gasteiger partial charge in [0.25, 0.3) is 5.69 Å². The highest BCUT2D eigenvalue weighted by Gasteiger charge is 2.44. The zero-order chi connectivity index (χ0) is 14.4. The maximum atomic E-state index is 14.1. The van der Waals surface area contributed by atoms with Gasteiger partial charge < -0.3 is 10.2 Å². The van der Waals surface area contributed by atoms with Crippen molar-refractivity contribution in [3.05, 3.63) is 33.9 Å². The summed E-state index contributed by atoms with van der Waals surface area (Å²) in [6.07, 6.45) is 0. The van der Waals surface area contributed by atoms with Crippen LogP contribution in [0, 0.1) is 33.6 Å². The summed E-state index contributed by atoms with van der Waals surface area (Å²) in [5.41, 5.74) is -0.583. The third-order valence-corrected chi connectivity index (χ3v) is 4.47. The van der Waals surface area contributed by atoms with Crippen LogP contribution in [0.4, 0.5) is 20.2 Å². The van der Waals surface area contributed by atoms with Crippen molar-refractivity contribution in [2.45, 2.75) is 13.0 Å². The molecule has 1 aromatic rings. The second kappa shape index (κ2) is 4.66. The minimum atomic E-state index is -1.13. The molecular weight excluding hydrogens is 268 g/mol. The fourth-order valence-electron chi connectivity index (χ4n) is 3.41. The molecule has 108 valence electrons. The fraction of sp³-hybridized carbons (Fsp3) is 0.538. The minimum Gasteiger partial charge on any atom is -0.360 e. The van der Waals surface area contributed by atoms with Gasteiger partial charge in [-0.05, 0) is 24.8 Å². The first kappa shape index (κ1) is 13.2. The third kappa shape index (κ3) is 1.84. The van der Waals surface area contributed by atoms with Gasteiger partial charge in [0, 0.05) is 31.7 Å². The van der Waals surface area contributed by atoms with Crippen molar-refractivity contribution in [2.75, 3.05) is 24.5 Å². The maximum absolute atomic E-state index is 14.1. The Bertz CT molecular complexity index is 567. The summed E-state index contributed by atoms with van der Waals surface area (Å²) >= 11 is 0. The highest BCUT2D eigenvalue weighted by atomic mass is 19.2. The van der Waals surface area contributed by atoms with E-state index >= 15 is 0 Å². The molecular formula is C13H15F2N3O2. The van der Waals surface area contributed by atoms with E-state index in [9.17, 15) is 18.9 Å². The molecule has 3 unspecified atom stereocenters. The SMILES string of the molecule is CC1C2CNCC2CN1c1c([N+](=O)[O-])ccc(F)c1F. The van der Waals surface area contributed by atoms with Crippen LogP contribution in [0.2, 0.25) is 0 Å². The molecule has 1 N–H and O–H groups in total. The van der Waals surface area contributed by atoms with Gasteiger partial charge in [-0.2, -0.15) is 0 Å². The van der Waals surface area contributed by atoms with E-state index in [1.54, 1.807) is 4.90 Å². The summed E-state index contributed by atoms with van der Waals surface area (Å²) in [6, 6.07) is 1.79. The second-order valence-electron chi connectivity index (χ2n) is 5.46. The number of rotatable bonds is 2. The van der Waals surface area contributed by atoms with Crippen LogP contribution in [-0.2, 0) is 0 Å². The van der Waals surface area contributed by atoms with E-state index < -0.39 is 16.6 Å². The van der Waals surface area contributed by atoms with E-state index in [0.717, 1.165) is 25.2 Å². The topological polar surface area (TPSA) is 58.4 Å². The van der Waals surface area contributed by atoms with Crippen LogP contribution in [0.5, 0.6) is 0 Å². The van der Waals surface area contributed by atoms with Gasteiger partial charge in [-0.15, -0.1) is 0 Å². The first-order chi connectivity index (χ1) is 9.50. The van der Waals surface area contributed by atoms with Crippen molar-refractivity contribution in [1.29, 1.82) is 0 Å². The Morgan fingerprint density at radius 2 is 2.15 bits per heavy atom. The maximum Gasteiger partial charge on any atom is 0.295 e. The van der Waals surface area contributed by atoms with Crippen LogP contribution >= 0.6 is 0 Å². The van der Waals surface area contributed by atoms with Gasteiger partial charge in [0.15, 0.2) is 17.3 Å². The molecule has 0 spiro atoms. The fourth-order valence-corrected chi connectivity index (χ4v) is 3.41. The summed E-state index contributed by atoms with van der Waals surface area (Å²) < 4.78 is 27.5. The number of nitro benzene ring substituents is 1. The van der Waals surface area contributed by atoms with Gasteiger partial charge in [-0.1, -0.05) is 0 Å². The number of anilines is 1. The van der Waals surface area contributed by atoms with Gasteiger partial charge >= 0.3 is 0 Å². The van der Waals surface area contributed by atoms with Gasteiger partial charge in [0.1, 0.15) is 0 Å². The first-order valence-electron chi connectivity index (χ1n) is 6.60. The van der Waals surface area contributed by atoms with Crippen LogP contribution in [0.15, 0.2) is 12.1 Å². The molecule has 0 amide bonds. The molecule has 0 radical (unpaired) electrons. The smallest absolute Gasteiger partial charge is 0.295 e. The number of nitro groups is 1. The van der Waals surface area contributed by atoms with Crippen molar-refractivity contribution in [1.82, 2.24) is 5.32 Å². The zero-order valence-electron chi connectivity index (χ0n) is 11.0. The van der Waals surface area contributed by atoms with E-state index in [4.69, 9.17) is 0 Å². The highest BCUT2D eigenvalue weighted by Crippen LogP contribution is 2.41. The Kier molecular flexibility index (Phi) is 3.08. The normalized spacial score (nSPS) is 28.8. The molecule has 2 fully saturated rings. The first-order valence-corrected chi connectivity index (χ1v) is 6.60. The number of halogens is 2. The molecule has 0 aliphatic carbocycles. The predicted octanol–water partition coefficient (Wildman–Crippen LogP) is 1.92. The monoisotopic (exact) mass is 283 g/mol. The Hall–Kier alpha value is -1.76. The van der Waals surface area contributed by atoms with Crippen molar-refractivity contribution in [2.24, 2.45) is 11.8 Å². The Morgan fingerprint density at radius 1 is 1.40 bits per heavy atom. The number of hydrogen-bond acceptors (Lipinski definition) is 4. The van der Waals surface area contributed by atoms with E-state index in [0.29, 0.717) is 18.4 Å². The van der Waals surface area contributed by atoms with Crippen LogP contribution in [-0.4, -0.2) is 30.6 Å². The summed E-state index contributed by atoms with van der Waals surface area (Å²) in [6.45, 7) is 4.05. The number of hydrogen-bond donors (Lipinski definition) is 1. The summed E-state index contributed by atoms with van der Waals surface area (Å²) in [4.78, 5) is 12.1. The van der Waals surface area contributed by atoms with Gasteiger partial charge in [-0.25, -0.2) is 8.78 Å². The van der Waals surface area contributed by atoms with Gasteiger partial charge in [-0.3, -0.25) is 10.1 Å². The molecule has 0 aromatic heterocycles. The molecule has 2 aliphatic heterocycles. The van der Waals surface area contributed by atoms with Crippen LogP contribution < -0.4 is 10.2 Å². The lowest BCUT2D eigenvalue weighted by molar-refractivity contribution is -0.384. The number of nitrogens with zero attached hydrogens (tertiary/aromatic N) is 2. The van der Waals surface area contributed by atoms with Crippen LogP contribution in [0.3, 0.4) is 0 Å². The Balaban J connectivity index is 2.06. The van der Waals surface area contributed by atoms with Crippen molar-refractivity contribution in [3.63, 3.8) is 0 Å². The lowest BCUT2D eigenvalue weighted by Gasteiger charge is -2.26. The molecule has 5 nitrogen and oxygen atoms in total. The highest BCUT2D eigenvalue weighted by molar-refractivity contribution is 5.65. The van der Waals surface area contributed by atoms with Gasteiger partial charge in [0.05, 0.1) is 4.92 Å². The number of nitrogens with one attached hydrogen (secondary N) is 1. The molecule has 3 rings (SSSR count). The summed E-state index contributed by atoms with van der Waals surface area (Å²) in [5.74, 6) is -1.53. The minimum absolute atomic E-state index is 0.0509. The largest absolute Gasteiger partial charge is 0.360 e. The Labute approximate surface area is 114 Å². The van der Waals surface area contributed by atoms with Crippen molar-refractivity contribution < 1.29 is 13.7 Å². The molecule has 7 heteroatoms. The molecule has 20 heavy (non-hydrogen) atoms. The quantitative estimate of drug-likeness (QED) is 0.665. The molecule has 2 saturated heterocycles. The van der Waals surface area contributed by atoms with E-state index in [2.05, 4.69) is 5.32 Å². The second-order valence-corrected chi connectivity index (χ2v) is 5.46. The lowest BCUT2D eigenvalue weighted by atomic mass is 9.95. The third-order valence-electron chi connectivity index (χ3n) is 4.47. The molecule has 1 aromatic carbocycles. The van der Waals surface area contributed by atoms with Crippen molar-refractivity contribution in [3.8, 4) is 0 Å².